The summed E-state index contributed by atoms with van der Waals surface area (Å²) in [5, 5.41) is 32.9. The average Bonchev–Trinajstić information content (AvgIpc) is 2.38. The smallest absolute Gasteiger partial charge is 0.316 e. The lowest BCUT2D eigenvalue weighted by molar-refractivity contribution is -0.147. The van der Waals surface area contributed by atoms with Crippen LogP contribution in [0.1, 0.15) is 19.3 Å². The first-order chi connectivity index (χ1) is 10.1. The van der Waals surface area contributed by atoms with Gasteiger partial charge in [0, 0.05) is 12.2 Å². The van der Waals surface area contributed by atoms with E-state index in [-0.39, 0.29) is 19.3 Å². The highest BCUT2D eigenvalue weighted by atomic mass is 32.2. The molecule has 0 saturated carbocycles. The summed E-state index contributed by atoms with van der Waals surface area (Å²) >= 11 is 2.49. The van der Waals surface area contributed by atoms with Crippen molar-refractivity contribution in [2.75, 3.05) is 18.3 Å². The molecule has 0 radical (unpaired) electrons. The third-order valence-electron chi connectivity index (χ3n) is 2.32. The SMILES string of the molecule is CSC(CCC(=O)O)C(=O)O.CSCC(CC(=O)O)C(=O)O. The van der Waals surface area contributed by atoms with Crippen LogP contribution in [0.15, 0.2) is 0 Å². The van der Waals surface area contributed by atoms with Crippen LogP contribution < -0.4 is 0 Å². The van der Waals surface area contributed by atoms with E-state index in [4.69, 9.17) is 20.4 Å². The fourth-order valence-electron chi connectivity index (χ4n) is 1.23. The molecule has 0 aliphatic heterocycles. The van der Waals surface area contributed by atoms with Crippen molar-refractivity contribution in [1.82, 2.24) is 0 Å². The Hall–Kier alpha value is -1.42. The Bertz CT molecular complexity index is 385. The second-order valence-electron chi connectivity index (χ2n) is 4.08. The molecule has 0 heterocycles. The summed E-state index contributed by atoms with van der Waals surface area (Å²) in [6, 6.07) is 0. The quantitative estimate of drug-likeness (QED) is 0.449. The summed E-state index contributed by atoms with van der Waals surface area (Å²) in [5.74, 6) is -4.42. The minimum absolute atomic E-state index is 0.0855. The van der Waals surface area contributed by atoms with Crippen molar-refractivity contribution in [3.05, 3.63) is 0 Å². The summed E-state index contributed by atoms with van der Waals surface area (Å²) in [7, 11) is 0. The standard InChI is InChI=1S/2C6H10O4S/c1-11-3-4(6(9)10)2-5(7)8;1-11-4(6(9)10)2-3-5(7)8/h2*4H,2-3H2,1H3,(H,7,8)(H,9,10). The zero-order valence-corrected chi connectivity index (χ0v) is 13.9. The van der Waals surface area contributed by atoms with E-state index in [0.717, 1.165) is 11.8 Å². The van der Waals surface area contributed by atoms with Crippen LogP contribution in [0.3, 0.4) is 0 Å². The van der Waals surface area contributed by atoms with E-state index < -0.39 is 35.0 Å². The first-order valence-electron chi connectivity index (χ1n) is 6.06. The van der Waals surface area contributed by atoms with Crippen molar-refractivity contribution in [1.29, 1.82) is 0 Å². The lowest BCUT2D eigenvalue weighted by Gasteiger charge is -2.05. The maximum Gasteiger partial charge on any atom is 0.316 e. The fraction of sp³-hybridized carbons (Fsp3) is 0.667. The van der Waals surface area contributed by atoms with Crippen molar-refractivity contribution in [3.8, 4) is 0 Å². The van der Waals surface area contributed by atoms with E-state index >= 15 is 0 Å². The summed E-state index contributed by atoms with van der Waals surface area (Å²) in [5.41, 5.74) is 0. The van der Waals surface area contributed by atoms with Crippen molar-refractivity contribution < 1.29 is 39.6 Å². The summed E-state index contributed by atoms with van der Waals surface area (Å²) in [6.07, 6.45) is 3.21. The van der Waals surface area contributed by atoms with Gasteiger partial charge in [0.25, 0.3) is 0 Å². The molecule has 128 valence electrons. The topological polar surface area (TPSA) is 149 Å². The number of rotatable bonds is 10. The van der Waals surface area contributed by atoms with Gasteiger partial charge in [0.05, 0.1) is 12.3 Å². The van der Waals surface area contributed by atoms with Gasteiger partial charge in [0.2, 0.25) is 0 Å². The molecule has 0 aromatic carbocycles. The van der Waals surface area contributed by atoms with Crippen molar-refractivity contribution in [2.24, 2.45) is 5.92 Å². The number of hydrogen-bond acceptors (Lipinski definition) is 6. The van der Waals surface area contributed by atoms with Gasteiger partial charge in [-0.25, -0.2) is 0 Å². The fourth-order valence-corrected chi connectivity index (χ4v) is 2.44. The molecule has 0 bridgehead atoms. The van der Waals surface area contributed by atoms with Crippen LogP contribution in [0.4, 0.5) is 0 Å². The van der Waals surface area contributed by atoms with Crippen LogP contribution in [-0.4, -0.2) is 67.8 Å². The van der Waals surface area contributed by atoms with Crippen molar-refractivity contribution >= 4 is 47.4 Å². The second kappa shape index (κ2) is 13.3. The molecule has 0 saturated heterocycles. The lowest BCUT2D eigenvalue weighted by atomic mass is 10.1. The molecule has 0 rings (SSSR count). The lowest BCUT2D eigenvalue weighted by Crippen LogP contribution is -2.19. The minimum Gasteiger partial charge on any atom is -0.481 e. The molecule has 4 N–H and O–H groups in total. The van der Waals surface area contributed by atoms with E-state index in [2.05, 4.69) is 0 Å². The molecule has 0 aromatic heterocycles. The molecule has 0 aromatic rings. The highest BCUT2D eigenvalue weighted by molar-refractivity contribution is 7.99. The van der Waals surface area contributed by atoms with E-state index in [1.165, 1.54) is 11.8 Å². The van der Waals surface area contributed by atoms with Gasteiger partial charge in [0.15, 0.2) is 0 Å². The molecule has 10 heteroatoms. The number of carbonyl (C=O) groups is 4. The van der Waals surface area contributed by atoms with Gasteiger partial charge in [-0.05, 0) is 18.9 Å². The van der Waals surface area contributed by atoms with Crippen LogP contribution in [0.2, 0.25) is 0 Å². The molecule has 22 heavy (non-hydrogen) atoms. The Kier molecular flexibility index (Phi) is 13.8. The van der Waals surface area contributed by atoms with E-state index in [0.29, 0.717) is 5.75 Å². The van der Waals surface area contributed by atoms with Gasteiger partial charge >= 0.3 is 23.9 Å². The minimum atomic E-state index is -1.06. The predicted molar refractivity (Wildman–Crippen MR) is 83.6 cm³/mol. The monoisotopic (exact) mass is 356 g/mol. The number of carboxylic acids is 4. The number of aliphatic carboxylic acids is 4. The number of carboxylic acid groups (broad SMARTS) is 4. The molecule has 0 fully saturated rings. The molecule has 2 atom stereocenters. The highest BCUT2D eigenvalue weighted by Crippen LogP contribution is 2.12. The first kappa shape index (κ1) is 22.9. The Morgan fingerprint density at radius 1 is 0.909 bits per heavy atom. The number of thioether (sulfide) groups is 2. The Morgan fingerprint density at radius 2 is 1.45 bits per heavy atom. The molecule has 0 amide bonds. The molecule has 2 unspecified atom stereocenters. The van der Waals surface area contributed by atoms with Crippen LogP contribution in [0.5, 0.6) is 0 Å². The molecule has 8 nitrogen and oxygen atoms in total. The van der Waals surface area contributed by atoms with Crippen LogP contribution >= 0.6 is 23.5 Å². The van der Waals surface area contributed by atoms with E-state index in [1.807, 2.05) is 0 Å². The molecule has 0 aliphatic rings. The van der Waals surface area contributed by atoms with Crippen LogP contribution in [0.25, 0.3) is 0 Å². The molecule has 0 spiro atoms. The first-order valence-corrected chi connectivity index (χ1v) is 8.74. The second-order valence-corrected chi connectivity index (χ2v) is 6.03. The van der Waals surface area contributed by atoms with Gasteiger partial charge in [-0.3, -0.25) is 19.2 Å². The van der Waals surface area contributed by atoms with Gasteiger partial charge < -0.3 is 20.4 Å². The van der Waals surface area contributed by atoms with Crippen molar-refractivity contribution in [2.45, 2.75) is 24.5 Å². The summed E-state index contributed by atoms with van der Waals surface area (Å²) < 4.78 is 0. The molecule has 0 aliphatic carbocycles. The molecular formula is C12H20O8S2. The van der Waals surface area contributed by atoms with Crippen LogP contribution in [-0.2, 0) is 19.2 Å². The van der Waals surface area contributed by atoms with E-state index in [9.17, 15) is 19.2 Å². The third-order valence-corrected chi connectivity index (χ3v) is 4.06. The van der Waals surface area contributed by atoms with Gasteiger partial charge in [0.1, 0.15) is 5.25 Å². The van der Waals surface area contributed by atoms with E-state index in [1.54, 1.807) is 12.5 Å². The van der Waals surface area contributed by atoms with Gasteiger partial charge in [-0.2, -0.15) is 23.5 Å². The summed E-state index contributed by atoms with van der Waals surface area (Å²) in [6.45, 7) is 0. The average molecular weight is 356 g/mol. The maximum absolute atomic E-state index is 10.3. The van der Waals surface area contributed by atoms with Gasteiger partial charge in [-0.15, -0.1) is 0 Å². The van der Waals surface area contributed by atoms with Crippen LogP contribution in [0, 0.1) is 5.92 Å². The Morgan fingerprint density at radius 3 is 1.73 bits per heavy atom. The number of hydrogen-bond donors (Lipinski definition) is 4. The highest BCUT2D eigenvalue weighted by Gasteiger charge is 2.19. The van der Waals surface area contributed by atoms with Gasteiger partial charge in [-0.1, -0.05) is 0 Å². The zero-order valence-electron chi connectivity index (χ0n) is 12.2. The summed E-state index contributed by atoms with van der Waals surface area (Å²) in [4.78, 5) is 40.8. The Labute approximate surface area is 136 Å². The molecular weight excluding hydrogens is 336 g/mol. The predicted octanol–water partition coefficient (Wildman–Crippen LogP) is 1.19. The zero-order chi connectivity index (χ0) is 17.7. The normalized spacial score (nSPS) is 12.5. The Balaban J connectivity index is 0. The van der Waals surface area contributed by atoms with Crippen molar-refractivity contribution in [3.63, 3.8) is 0 Å². The maximum atomic E-state index is 10.3. The largest absolute Gasteiger partial charge is 0.481 e. The third kappa shape index (κ3) is 13.6.